The minimum Gasteiger partial charge on any atom is -0.388 e. The molecule has 2 heterocycles. The van der Waals surface area contributed by atoms with E-state index in [9.17, 15) is 5.11 Å². The molecule has 2 nitrogen and oxygen atoms in total. The van der Waals surface area contributed by atoms with Crippen LogP contribution in [0.3, 0.4) is 0 Å². The van der Waals surface area contributed by atoms with Gasteiger partial charge in [-0.05, 0) is 40.3 Å². The topological polar surface area (TPSA) is 46.2 Å². The van der Waals surface area contributed by atoms with E-state index < -0.39 is 6.10 Å². The first-order valence-electron chi connectivity index (χ1n) is 5.18. The van der Waals surface area contributed by atoms with Gasteiger partial charge in [0.05, 0.1) is 6.10 Å². The Labute approximate surface area is 103 Å². The van der Waals surface area contributed by atoms with Crippen LogP contribution in [-0.4, -0.2) is 11.7 Å². The van der Waals surface area contributed by atoms with Gasteiger partial charge in [0.1, 0.15) is 0 Å². The Balaban J connectivity index is 2.26. The van der Waals surface area contributed by atoms with E-state index in [1.54, 1.807) is 22.7 Å². The number of thiophene rings is 2. The van der Waals surface area contributed by atoms with E-state index in [-0.39, 0.29) is 5.92 Å². The average Bonchev–Trinajstić information content (AvgIpc) is 2.90. The molecule has 0 aliphatic heterocycles. The zero-order chi connectivity index (χ0) is 11.5. The van der Waals surface area contributed by atoms with Crippen molar-refractivity contribution < 1.29 is 5.11 Å². The second kappa shape index (κ2) is 5.10. The maximum atomic E-state index is 10.4. The Kier molecular flexibility index (Phi) is 3.76. The van der Waals surface area contributed by atoms with Crippen LogP contribution in [0, 0.1) is 6.92 Å². The van der Waals surface area contributed by atoms with Crippen LogP contribution in [0.4, 0.5) is 0 Å². The average molecular weight is 253 g/mol. The molecule has 0 aromatic carbocycles. The summed E-state index contributed by atoms with van der Waals surface area (Å²) in [7, 11) is 0. The highest BCUT2D eigenvalue weighted by atomic mass is 32.1. The summed E-state index contributed by atoms with van der Waals surface area (Å²) in [6.07, 6.45) is -0.491. The molecule has 2 unspecified atom stereocenters. The van der Waals surface area contributed by atoms with Gasteiger partial charge in [0.2, 0.25) is 0 Å². The highest BCUT2D eigenvalue weighted by molar-refractivity contribution is 7.10. The highest BCUT2D eigenvalue weighted by Gasteiger charge is 2.23. The van der Waals surface area contributed by atoms with Crippen molar-refractivity contribution in [3.63, 3.8) is 0 Å². The van der Waals surface area contributed by atoms with Gasteiger partial charge in [0.25, 0.3) is 0 Å². The summed E-state index contributed by atoms with van der Waals surface area (Å²) in [5.74, 6) is 0.00769. The molecule has 2 rings (SSSR count). The monoisotopic (exact) mass is 253 g/mol. The van der Waals surface area contributed by atoms with Gasteiger partial charge in [0, 0.05) is 17.3 Å². The zero-order valence-corrected chi connectivity index (χ0v) is 10.7. The van der Waals surface area contributed by atoms with E-state index in [1.807, 2.05) is 29.8 Å². The molecular formula is C12H15NOS2. The lowest BCUT2D eigenvalue weighted by Crippen LogP contribution is -2.19. The van der Waals surface area contributed by atoms with E-state index in [2.05, 4.69) is 5.38 Å². The summed E-state index contributed by atoms with van der Waals surface area (Å²) < 4.78 is 0. The second-order valence-corrected chi connectivity index (χ2v) is 5.54. The molecule has 0 aliphatic rings. The molecule has 0 fully saturated rings. The molecule has 0 amide bonds. The van der Waals surface area contributed by atoms with Crippen LogP contribution in [0.1, 0.15) is 28.0 Å². The Morgan fingerprint density at radius 2 is 2.25 bits per heavy atom. The van der Waals surface area contributed by atoms with Gasteiger partial charge >= 0.3 is 0 Å². The van der Waals surface area contributed by atoms with Crippen LogP contribution in [0.5, 0.6) is 0 Å². The Morgan fingerprint density at radius 1 is 1.44 bits per heavy atom. The first kappa shape index (κ1) is 11.8. The Hall–Kier alpha value is -0.680. The van der Waals surface area contributed by atoms with Crippen molar-refractivity contribution in [2.45, 2.75) is 18.9 Å². The molecule has 0 spiro atoms. The lowest BCUT2D eigenvalue weighted by molar-refractivity contribution is 0.148. The normalized spacial score (nSPS) is 14.9. The van der Waals surface area contributed by atoms with Gasteiger partial charge in [0.15, 0.2) is 0 Å². The summed E-state index contributed by atoms with van der Waals surface area (Å²) in [6, 6.07) is 4.03. The molecule has 0 aliphatic carbocycles. The predicted octanol–water partition coefficient (Wildman–Crippen LogP) is 2.89. The zero-order valence-electron chi connectivity index (χ0n) is 9.09. The van der Waals surface area contributed by atoms with Crippen molar-refractivity contribution in [3.05, 3.63) is 44.3 Å². The van der Waals surface area contributed by atoms with Gasteiger partial charge in [-0.1, -0.05) is 6.07 Å². The van der Waals surface area contributed by atoms with Crippen LogP contribution in [0.15, 0.2) is 28.3 Å². The summed E-state index contributed by atoms with van der Waals surface area (Å²) in [5.41, 5.74) is 7.93. The van der Waals surface area contributed by atoms with E-state index in [1.165, 1.54) is 0 Å². The SMILES string of the molecule is Cc1cscc1C(O)C(CN)c1cccs1. The molecule has 2 atom stereocenters. The summed E-state index contributed by atoms with van der Waals surface area (Å²) in [4.78, 5) is 1.15. The molecule has 3 N–H and O–H groups in total. The fourth-order valence-corrected chi connectivity index (χ4v) is 3.54. The van der Waals surface area contributed by atoms with E-state index in [4.69, 9.17) is 5.73 Å². The summed E-state index contributed by atoms with van der Waals surface area (Å²) in [6.45, 7) is 2.49. The smallest absolute Gasteiger partial charge is 0.0889 e. The third-order valence-corrected chi connectivity index (χ3v) is 4.64. The van der Waals surface area contributed by atoms with Crippen LogP contribution >= 0.6 is 22.7 Å². The van der Waals surface area contributed by atoms with Gasteiger partial charge in [-0.2, -0.15) is 11.3 Å². The largest absolute Gasteiger partial charge is 0.388 e. The van der Waals surface area contributed by atoms with Gasteiger partial charge in [-0.3, -0.25) is 0 Å². The number of hydrogen-bond donors (Lipinski definition) is 2. The van der Waals surface area contributed by atoms with Crippen LogP contribution < -0.4 is 5.73 Å². The van der Waals surface area contributed by atoms with Crippen molar-refractivity contribution in [1.82, 2.24) is 0 Å². The number of aliphatic hydroxyl groups is 1. The lowest BCUT2D eigenvalue weighted by atomic mass is 9.94. The van der Waals surface area contributed by atoms with E-state index in [0.29, 0.717) is 6.54 Å². The number of rotatable bonds is 4. The Morgan fingerprint density at radius 3 is 2.75 bits per heavy atom. The molecule has 2 aromatic heterocycles. The van der Waals surface area contributed by atoms with Gasteiger partial charge < -0.3 is 10.8 Å². The first-order chi connectivity index (χ1) is 7.74. The highest BCUT2D eigenvalue weighted by Crippen LogP contribution is 2.35. The number of aryl methyl sites for hydroxylation is 1. The summed E-state index contributed by atoms with van der Waals surface area (Å²) >= 11 is 3.27. The standard InChI is InChI=1S/C12H15NOS2/c1-8-6-15-7-10(8)12(14)9(5-13)11-3-2-4-16-11/h2-4,6-7,9,12,14H,5,13H2,1H3. The predicted molar refractivity (Wildman–Crippen MR) is 70.1 cm³/mol. The molecule has 0 radical (unpaired) electrons. The van der Waals surface area contributed by atoms with Crippen molar-refractivity contribution in [3.8, 4) is 0 Å². The van der Waals surface area contributed by atoms with Crippen molar-refractivity contribution in [2.75, 3.05) is 6.54 Å². The Bertz CT molecular complexity index is 436. The summed E-state index contributed by atoms with van der Waals surface area (Å²) in [5, 5.41) is 16.4. The number of nitrogens with two attached hydrogens (primary N) is 1. The quantitative estimate of drug-likeness (QED) is 0.880. The minimum absolute atomic E-state index is 0.00769. The first-order valence-corrected chi connectivity index (χ1v) is 7.00. The van der Waals surface area contributed by atoms with E-state index >= 15 is 0 Å². The maximum absolute atomic E-state index is 10.4. The minimum atomic E-state index is -0.491. The molecular weight excluding hydrogens is 238 g/mol. The second-order valence-electron chi connectivity index (χ2n) is 3.81. The van der Waals surface area contributed by atoms with Gasteiger partial charge in [-0.25, -0.2) is 0 Å². The van der Waals surface area contributed by atoms with Gasteiger partial charge in [-0.15, -0.1) is 11.3 Å². The molecule has 16 heavy (non-hydrogen) atoms. The van der Waals surface area contributed by atoms with E-state index in [0.717, 1.165) is 16.0 Å². The molecule has 0 saturated carbocycles. The van der Waals surface area contributed by atoms with Crippen LogP contribution in [0.2, 0.25) is 0 Å². The van der Waals surface area contributed by atoms with Crippen molar-refractivity contribution in [1.29, 1.82) is 0 Å². The third kappa shape index (κ3) is 2.20. The van der Waals surface area contributed by atoms with Crippen molar-refractivity contribution in [2.24, 2.45) is 5.73 Å². The lowest BCUT2D eigenvalue weighted by Gasteiger charge is -2.20. The maximum Gasteiger partial charge on any atom is 0.0889 e. The van der Waals surface area contributed by atoms with Crippen molar-refractivity contribution >= 4 is 22.7 Å². The third-order valence-electron chi connectivity index (χ3n) is 2.76. The number of aliphatic hydroxyl groups excluding tert-OH is 1. The fraction of sp³-hybridized carbons (Fsp3) is 0.333. The number of hydrogen-bond acceptors (Lipinski definition) is 4. The fourth-order valence-electron chi connectivity index (χ4n) is 1.79. The van der Waals surface area contributed by atoms with Crippen LogP contribution in [-0.2, 0) is 0 Å². The molecule has 0 bridgehead atoms. The molecule has 86 valence electrons. The molecule has 0 saturated heterocycles. The molecule has 2 aromatic rings. The van der Waals surface area contributed by atoms with Crippen LogP contribution in [0.25, 0.3) is 0 Å². The molecule has 4 heteroatoms.